The predicted molar refractivity (Wildman–Crippen MR) is 143 cm³/mol. The first-order chi connectivity index (χ1) is 16.9. The molecule has 2 amide bonds. The van der Waals surface area contributed by atoms with Crippen molar-refractivity contribution in [2.75, 3.05) is 33.4 Å². The van der Waals surface area contributed by atoms with Crippen LogP contribution >= 0.6 is 11.6 Å². The molecule has 1 aliphatic heterocycles. The molecule has 3 rings (SSSR count). The van der Waals surface area contributed by atoms with E-state index < -0.39 is 5.60 Å². The third-order valence-electron chi connectivity index (χ3n) is 8.05. The highest BCUT2D eigenvalue weighted by Gasteiger charge is 2.41. The van der Waals surface area contributed by atoms with Gasteiger partial charge in [0.2, 0.25) is 0 Å². The maximum Gasteiger partial charge on any atom is 0.317 e. The zero-order chi connectivity index (χ0) is 25.1. The van der Waals surface area contributed by atoms with Gasteiger partial charge in [0.1, 0.15) is 0 Å². The Morgan fingerprint density at radius 1 is 1.26 bits per heavy atom. The Kier molecular flexibility index (Phi) is 11.6. The number of likely N-dealkylation sites (tertiary alicyclic amines) is 1. The monoisotopic (exact) mass is 507 g/mol. The highest BCUT2D eigenvalue weighted by molar-refractivity contribution is 6.30. The molecule has 1 saturated carbocycles. The number of hydrogen-bond donors (Lipinski definition) is 3. The highest BCUT2D eigenvalue weighted by atomic mass is 35.5. The van der Waals surface area contributed by atoms with Gasteiger partial charge in [0.15, 0.2) is 0 Å². The van der Waals surface area contributed by atoms with E-state index in [0.29, 0.717) is 37.7 Å². The van der Waals surface area contributed by atoms with Crippen molar-refractivity contribution in [2.24, 2.45) is 17.6 Å². The molecule has 1 aromatic carbocycles. The summed E-state index contributed by atoms with van der Waals surface area (Å²) in [4.78, 5) is 14.9. The highest BCUT2D eigenvalue weighted by Crippen LogP contribution is 2.40. The zero-order valence-corrected chi connectivity index (χ0v) is 22.3. The molecule has 1 aliphatic carbocycles. The first-order valence-electron chi connectivity index (χ1n) is 13.7. The molecule has 0 aromatic heterocycles. The van der Waals surface area contributed by atoms with Crippen molar-refractivity contribution in [1.82, 2.24) is 10.2 Å². The Morgan fingerprint density at radius 2 is 2.06 bits per heavy atom. The molecule has 2 fully saturated rings. The predicted octanol–water partition coefficient (Wildman–Crippen LogP) is 5.45. The largest absolute Gasteiger partial charge is 0.385 e. The van der Waals surface area contributed by atoms with Gasteiger partial charge in [-0.1, -0.05) is 55.8 Å². The fraction of sp³-hybridized carbons (Fsp3) is 0.750. The molecule has 7 heteroatoms. The third kappa shape index (κ3) is 8.63. The number of methoxy groups -OCH3 is 1. The van der Waals surface area contributed by atoms with Crippen LogP contribution in [0.25, 0.3) is 0 Å². The minimum absolute atomic E-state index is 0.00867. The minimum Gasteiger partial charge on any atom is -0.385 e. The van der Waals surface area contributed by atoms with E-state index in [1.54, 1.807) is 7.11 Å². The molecule has 1 heterocycles. The SMILES string of the molecule is COCCCCC(O)(c1cccc(Cl)c1)C1CCCN(C(=O)NCC(N)CCC2CCCCC2)C1. The molecule has 6 nitrogen and oxygen atoms in total. The molecule has 1 saturated heterocycles. The van der Waals surface area contributed by atoms with E-state index >= 15 is 0 Å². The fourth-order valence-electron chi connectivity index (χ4n) is 5.89. The van der Waals surface area contributed by atoms with Crippen molar-refractivity contribution in [2.45, 2.75) is 88.7 Å². The van der Waals surface area contributed by atoms with Crippen LogP contribution in [-0.2, 0) is 10.3 Å². The molecule has 1 aromatic rings. The van der Waals surface area contributed by atoms with Crippen molar-refractivity contribution < 1.29 is 14.6 Å². The summed E-state index contributed by atoms with van der Waals surface area (Å²) in [5, 5.41) is 15.6. The molecule has 35 heavy (non-hydrogen) atoms. The van der Waals surface area contributed by atoms with Gasteiger partial charge in [-0.3, -0.25) is 0 Å². The number of unbranched alkanes of at least 4 members (excludes halogenated alkanes) is 1. The molecule has 4 N–H and O–H groups in total. The summed E-state index contributed by atoms with van der Waals surface area (Å²) < 4.78 is 5.20. The summed E-state index contributed by atoms with van der Waals surface area (Å²) in [7, 11) is 1.70. The molecule has 198 valence electrons. The van der Waals surface area contributed by atoms with E-state index in [0.717, 1.165) is 43.6 Å². The quantitative estimate of drug-likeness (QED) is 0.328. The van der Waals surface area contributed by atoms with Gasteiger partial charge < -0.3 is 25.8 Å². The standard InChI is InChI=1S/C28H46ClN3O3/c1-35-18-6-5-16-28(34,23-11-7-13-25(29)19-23)24-12-8-17-32(21-24)27(33)31-20-26(30)15-14-22-9-3-2-4-10-22/h7,11,13,19,22,24,26,34H,2-6,8-10,12,14-18,20-21,30H2,1H3,(H,31,33). The van der Waals surface area contributed by atoms with Crippen LogP contribution in [0.3, 0.4) is 0 Å². The van der Waals surface area contributed by atoms with Crippen LogP contribution in [0.1, 0.15) is 82.6 Å². The van der Waals surface area contributed by atoms with E-state index in [9.17, 15) is 9.90 Å². The van der Waals surface area contributed by atoms with Crippen LogP contribution in [0, 0.1) is 11.8 Å². The first-order valence-corrected chi connectivity index (χ1v) is 14.1. The van der Waals surface area contributed by atoms with Crippen molar-refractivity contribution in [1.29, 1.82) is 0 Å². The summed E-state index contributed by atoms with van der Waals surface area (Å²) in [6.07, 6.45) is 12.9. The number of amides is 2. The maximum atomic E-state index is 13.0. The van der Waals surface area contributed by atoms with E-state index in [-0.39, 0.29) is 18.0 Å². The van der Waals surface area contributed by atoms with Crippen LogP contribution < -0.4 is 11.1 Å². The minimum atomic E-state index is -1.03. The van der Waals surface area contributed by atoms with Crippen LogP contribution in [0.5, 0.6) is 0 Å². The van der Waals surface area contributed by atoms with Gasteiger partial charge in [-0.25, -0.2) is 4.79 Å². The van der Waals surface area contributed by atoms with Gasteiger partial charge in [0.05, 0.1) is 5.60 Å². The Hall–Kier alpha value is -1.34. The van der Waals surface area contributed by atoms with E-state index in [4.69, 9.17) is 22.1 Å². The van der Waals surface area contributed by atoms with Crippen molar-refractivity contribution in [3.05, 3.63) is 34.9 Å². The molecular weight excluding hydrogens is 462 g/mol. The average molecular weight is 508 g/mol. The Bertz CT molecular complexity index is 774. The van der Waals surface area contributed by atoms with Crippen molar-refractivity contribution in [3.63, 3.8) is 0 Å². The Balaban J connectivity index is 1.55. The van der Waals surface area contributed by atoms with Gasteiger partial charge in [0, 0.05) is 50.3 Å². The van der Waals surface area contributed by atoms with Crippen LogP contribution in [0.2, 0.25) is 5.02 Å². The average Bonchev–Trinajstić information content (AvgIpc) is 2.89. The van der Waals surface area contributed by atoms with Crippen molar-refractivity contribution in [3.8, 4) is 0 Å². The molecule has 0 bridgehead atoms. The number of ether oxygens (including phenoxy) is 1. The van der Waals surface area contributed by atoms with Gasteiger partial charge in [-0.2, -0.15) is 0 Å². The fourth-order valence-corrected chi connectivity index (χ4v) is 6.08. The molecule has 3 atom stereocenters. The van der Waals surface area contributed by atoms with E-state index in [2.05, 4.69) is 5.32 Å². The number of carbonyl (C=O) groups is 1. The lowest BCUT2D eigenvalue weighted by Crippen LogP contribution is -2.52. The molecule has 2 aliphatic rings. The number of benzene rings is 1. The lowest BCUT2D eigenvalue weighted by molar-refractivity contribution is -0.0562. The lowest BCUT2D eigenvalue weighted by Gasteiger charge is -2.43. The summed E-state index contributed by atoms with van der Waals surface area (Å²) >= 11 is 6.28. The second-order valence-electron chi connectivity index (χ2n) is 10.7. The van der Waals surface area contributed by atoms with E-state index in [1.807, 2.05) is 29.2 Å². The van der Waals surface area contributed by atoms with Crippen LogP contribution in [-0.4, -0.2) is 55.4 Å². The summed E-state index contributed by atoms with van der Waals surface area (Å²) in [5.74, 6) is 0.754. The van der Waals surface area contributed by atoms with Crippen molar-refractivity contribution >= 4 is 17.6 Å². The normalized spacial score (nSPS) is 21.9. The molecule has 0 spiro atoms. The smallest absolute Gasteiger partial charge is 0.317 e. The first kappa shape index (κ1) is 28.2. The van der Waals surface area contributed by atoms with Gasteiger partial charge in [-0.15, -0.1) is 0 Å². The molecule has 3 unspecified atom stereocenters. The van der Waals surface area contributed by atoms with E-state index in [1.165, 1.54) is 38.5 Å². The Labute approximate surface area is 216 Å². The number of aliphatic hydroxyl groups is 1. The lowest BCUT2D eigenvalue weighted by atomic mass is 9.74. The number of urea groups is 1. The van der Waals surface area contributed by atoms with Crippen LogP contribution in [0.15, 0.2) is 24.3 Å². The van der Waals surface area contributed by atoms with Gasteiger partial charge >= 0.3 is 6.03 Å². The Morgan fingerprint density at radius 3 is 2.80 bits per heavy atom. The number of piperidine rings is 1. The summed E-state index contributed by atoms with van der Waals surface area (Å²) in [6, 6.07) is 7.45. The number of carbonyl (C=O) groups excluding carboxylic acids is 1. The second kappa shape index (κ2) is 14.4. The van der Waals surface area contributed by atoms with Crippen LogP contribution in [0.4, 0.5) is 4.79 Å². The number of rotatable bonds is 12. The topological polar surface area (TPSA) is 87.8 Å². The number of nitrogens with two attached hydrogens (primary N) is 1. The third-order valence-corrected chi connectivity index (χ3v) is 8.29. The maximum absolute atomic E-state index is 13.0. The summed E-state index contributed by atoms with van der Waals surface area (Å²) in [5.41, 5.74) is 6.14. The molecular formula is C28H46ClN3O3. The molecule has 0 radical (unpaired) electrons. The number of nitrogens with one attached hydrogen (secondary N) is 1. The summed E-state index contributed by atoms with van der Waals surface area (Å²) in [6.45, 7) is 2.40. The zero-order valence-electron chi connectivity index (χ0n) is 21.5. The number of halogens is 1. The van der Waals surface area contributed by atoms with Gasteiger partial charge in [0.25, 0.3) is 0 Å². The van der Waals surface area contributed by atoms with Gasteiger partial charge in [-0.05, 0) is 68.6 Å². The second-order valence-corrected chi connectivity index (χ2v) is 11.1. The number of nitrogens with zero attached hydrogens (tertiary/aromatic N) is 1. The number of hydrogen-bond acceptors (Lipinski definition) is 4.